The minimum Gasteiger partial charge on any atom is -0.384 e. The molecule has 0 unspecified atom stereocenters. The van der Waals surface area contributed by atoms with Crippen molar-refractivity contribution in [3.63, 3.8) is 0 Å². The number of benzene rings is 1. The average molecular weight is 166 g/mol. The lowest BCUT2D eigenvalue weighted by molar-refractivity contribution is 0.202. The monoisotopic (exact) mass is 166 g/mol. The molecular formula is C9H14N2O. The van der Waals surface area contributed by atoms with Crippen molar-refractivity contribution in [1.29, 1.82) is 0 Å². The molecule has 0 bridgehead atoms. The molecule has 0 fully saturated rings. The van der Waals surface area contributed by atoms with Gasteiger partial charge >= 0.3 is 0 Å². The standard InChI is InChI=1S/C9H14N2O/c1-12-7-6-8-2-4-9(11-10)5-3-8/h2-5,11H,6-7,10H2,1H3. The largest absolute Gasteiger partial charge is 0.384 e. The van der Waals surface area contributed by atoms with Gasteiger partial charge in [-0.15, -0.1) is 0 Å². The van der Waals surface area contributed by atoms with Gasteiger partial charge in [0.05, 0.1) is 6.61 Å². The van der Waals surface area contributed by atoms with Gasteiger partial charge in [0.1, 0.15) is 0 Å². The van der Waals surface area contributed by atoms with Crippen LogP contribution in [-0.4, -0.2) is 13.7 Å². The molecule has 66 valence electrons. The van der Waals surface area contributed by atoms with Crippen LogP contribution in [0.3, 0.4) is 0 Å². The van der Waals surface area contributed by atoms with Gasteiger partial charge in [0, 0.05) is 12.8 Å². The number of ether oxygens (including phenoxy) is 1. The summed E-state index contributed by atoms with van der Waals surface area (Å²) in [4.78, 5) is 0. The van der Waals surface area contributed by atoms with Crippen LogP contribution < -0.4 is 11.3 Å². The van der Waals surface area contributed by atoms with Crippen molar-refractivity contribution in [2.75, 3.05) is 19.1 Å². The fourth-order valence-corrected chi connectivity index (χ4v) is 0.988. The van der Waals surface area contributed by atoms with Crippen LogP contribution in [0.1, 0.15) is 5.56 Å². The highest BCUT2D eigenvalue weighted by molar-refractivity contribution is 5.43. The van der Waals surface area contributed by atoms with E-state index in [4.69, 9.17) is 10.6 Å². The summed E-state index contributed by atoms with van der Waals surface area (Å²) in [5.74, 6) is 5.23. The van der Waals surface area contributed by atoms with Crippen molar-refractivity contribution < 1.29 is 4.74 Å². The Labute approximate surface area is 72.5 Å². The van der Waals surface area contributed by atoms with Crippen molar-refractivity contribution in [1.82, 2.24) is 0 Å². The van der Waals surface area contributed by atoms with Crippen molar-refractivity contribution >= 4 is 5.69 Å². The van der Waals surface area contributed by atoms with Crippen LogP contribution in [0.2, 0.25) is 0 Å². The van der Waals surface area contributed by atoms with E-state index in [0.29, 0.717) is 0 Å². The minimum atomic E-state index is 0.759. The van der Waals surface area contributed by atoms with Gasteiger partial charge in [-0.2, -0.15) is 0 Å². The third-order valence-electron chi connectivity index (χ3n) is 1.72. The second-order valence-electron chi connectivity index (χ2n) is 2.58. The number of hydrazine groups is 1. The molecule has 0 saturated carbocycles. The summed E-state index contributed by atoms with van der Waals surface area (Å²) >= 11 is 0. The maximum Gasteiger partial charge on any atom is 0.0502 e. The van der Waals surface area contributed by atoms with Gasteiger partial charge in [-0.25, -0.2) is 0 Å². The molecule has 12 heavy (non-hydrogen) atoms. The molecule has 3 nitrogen and oxygen atoms in total. The first-order valence-corrected chi connectivity index (χ1v) is 3.91. The lowest BCUT2D eigenvalue weighted by atomic mass is 10.1. The molecule has 0 aromatic heterocycles. The quantitative estimate of drug-likeness (QED) is 0.521. The van der Waals surface area contributed by atoms with Crippen molar-refractivity contribution in [3.05, 3.63) is 29.8 Å². The number of methoxy groups -OCH3 is 1. The predicted molar refractivity (Wildman–Crippen MR) is 49.8 cm³/mol. The molecule has 0 aliphatic carbocycles. The first kappa shape index (κ1) is 9.03. The topological polar surface area (TPSA) is 47.3 Å². The molecule has 0 heterocycles. The number of anilines is 1. The number of hydrogen-bond donors (Lipinski definition) is 2. The molecule has 0 atom stereocenters. The fraction of sp³-hybridized carbons (Fsp3) is 0.333. The van der Waals surface area contributed by atoms with E-state index in [1.165, 1.54) is 5.56 Å². The lowest BCUT2D eigenvalue weighted by Crippen LogP contribution is -2.06. The van der Waals surface area contributed by atoms with E-state index in [0.717, 1.165) is 18.7 Å². The van der Waals surface area contributed by atoms with Gasteiger partial charge in [0.25, 0.3) is 0 Å². The Morgan fingerprint density at radius 3 is 2.50 bits per heavy atom. The van der Waals surface area contributed by atoms with E-state index in [1.807, 2.05) is 24.3 Å². The van der Waals surface area contributed by atoms with Gasteiger partial charge in [-0.05, 0) is 24.1 Å². The van der Waals surface area contributed by atoms with E-state index in [9.17, 15) is 0 Å². The smallest absolute Gasteiger partial charge is 0.0502 e. The lowest BCUT2D eigenvalue weighted by Gasteiger charge is -2.02. The highest BCUT2D eigenvalue weighted by Gasteiger charge is 1.92. The normalized spacial score (nSPS) is 9.83. The molecule has 0 aliphatic heterocycles. The molecule has 0 amide bonds. The maximum absolute atomic E-state index is 5.23. The first-order valence-electron chi connectivity index (χ1n) is 3.91. The van der Waals surface area contributed by atoms with Crippen LogP contribution in [0.25, 0.3) is 0 Å². The minimum absolute atomic E-state index is 0.759. The second kappa shape index (κ2) is 4.74. The Balaban J connectivity index is 2.53. The zero-order chi connectivity index (χ0) is 8.81. The summed E-state index contributed by atoms with van der Waals surface area (Å²) in [6, 6.07) is 7.97. The molecule has 1 rings (SSSR count). The molecule has 3 heteroatoms. The summed E-state index contributed by atoms with van der Waals surface area (Å²) in [6.45, 7) is 0.759. The Hall–Kier alpha value is -1.06. The van der Waals surface area contributed by atoms with Gasteiger partial charge < -0.3 is 10.2 Å². The van der Waals surface area contributed by atoms with Gasteiger partial charge in [-0.1, -0.05) is 12.1 Å². The van der Waals surface area contributed by atoms with Crippen LogP contribution in [-0.2, 0) is 11.2 Å². The van der Waals surface area contributed by atoms with Crippen LogP contribution in [0.15, 0.2) is 24.3 Å². The number of nitrogen functional groups attached to an aromatic ring is 1. The molecule has 0 aliphatic rings. The molecule has 1 aromatic carbocycles. The highest BCUT2D eigenvalue weighted by atomic mass is 16.5. The van der Waals surface area contributed by atoms with Gasteiger partial charge in [0.15, 0.2) is 0 Å². The molecule has 0 saturated heterocycles. The van der Waals surface area contributed by atoms with Crippen LogP contribution in [0, 0.1) is 0 Å². The van der Waals surface area contributed by atoms with Crippen LogP contribution in [0.5, 0.6) is 0 Å². The molecule has 0 radical (unpaired) electrons. The zero-order valence-corrected chi connectivity index (χ0v) is 7.21. The summed E-state index contributed by atoms with van der Waals surface area (Å²) in [6.07, 6.45) is 0.946. The third kappa shape index (κ3) is 2.53. The first-order chi connectivity index (χ1) is 5.86. The van der Waals surface area contributed by atoms with E-state index < -0.39 is 0 Å². The SMILES string of the molecule is COCCc1ccc(NN)cc1. The van der Waals surface area contributed by atoms with E-state index in [-0.39, 0.29) is 0 Å². The molecule has 0 spiro atoms. The number of rotatable bonds is 4. The summed E-state index contributed by atoms with van der Waals surface area (Å²) in [5, 5.41) is 0. The average Bonchev–Trinajstić information content (AvgIpc) is 2.15. The predicted octanol–water partition coefficient (Wildman–Crippen LogP) is 1.16. The van der Waals surface area contributed by atoms with Gasteiger partial charge in [0.2, 0.25) is 0 Å². The summed E-state index contributed by atoms with van der Waals surface area (Å²) in [7, 11) is 1.70. The zero-order valence-electron chi connectivity index (χ0n) is 7.21. The van der Waals surface area contributed by atoms with Crippen LogP contribution in [0.4, 0.5) is 5.69 Å². The van der Waals surface area contributed by atoms with E-state index in [1.54, 1.807) is 7.11 Å². The van der Waals surface area contributed by atoms with Crippen molar-refractivity contribution in [2.24, 2.45) is 5.84 Å². The number of nitrogens with two attached hydrogens (primary N) is 1. The fourth-order valence-electron chi connectivity index (χ4n) is 0.988. The molecule has 3 N–H and O–H groups in total. The Kier molecular flexibility index (Phi) is 3.57. The van der Waals surface area contributed by atoms with Crippen molar-refractivity contribution in [2.45, 2.75) is 6.42 Å². The summed E-state index contributed by atoms with van der Waals surface area (Å²) < 4.78 is 4.96. The number of hydrogen-bond acceptors (Lipinski definition) is 3. The highest BCUT2D eigenvalue weighted by Crippen LogP contribution is 2.08. The molecular weight excluding hydrogens is 152 g/mol. The third-order valence-corrected chi connectivity index (χ3v) is 1.72. The van der Waals surface area contributed by atoms with Crippen LogP contribution >= 0.6 is 0 Å². The Bertz CT molecular complexity index is 220. The van der Waals surface area contributed by atoms with Crippen molar-refractivity contribution in [3.8, 4) is 0 Å². The second-order valence-corrected chi connectivity index (χ2v) is 2.58. The Morgan fingerprint density at radius 2 is 2.00 bits per heavy atom. The van der Waals surface area contributed by atoms with Gasteiger partial charge in [-0.3, -0.25) is 5.84 Å². The maximum atomic E-state index is 5.23. The van der Waals surface area contributed by atoms with E-state index >= 15 is 0 Å². The Morgan fingerprint density at radius 1 is 1.33 bits per heavy atom. The molecule has 1 aromatic rings. The number of nitrogens with one attached hydrogen (secondary N) is 1. The summed E-state index contributed by atoms with van der Waals surface area (Å²) in [5.41, 5.74) is 4.77. The van der Waals surface area contributed by atoms with E-state index in [2.05, 4.69) is 5.43 Å².